The fraction of sp³-hybridized carbons (Fsp3) is 0.600. The molecule has 0 bridgehead atoms. The Hall–Kier alpha value is -2.84. The van der Waals surface area contributed by atoms with Gasteiger partial charge in [0.05, 0.1) is 22.8 Å². The molecule has 2 amide bonds. The number of hydrogen-bond donors (Lipinski definition) is 0. The van der Waals surface area contributed by atoms with Crippen LogP contribution in [0.1, 0.15) is 37.0 Å². The van der Waals surface area contributed by atoms with E-state index >= 15 is 0 Å². The van der Waals surface area contributed by atoms with Crippen LogP contribution >= 0.6 is 0 Å². The van der Waals surface area contributed by atoms with E-state index in [1.54, 1.807) is 15.9 Å². The molecule has 0 radical (unpaired) electrons. The number of ether oxygens (including phenoxy) is 1. The van der Waals surface area contributed by atoms with Gasteiger partial charge in [-0.2, -0.15) is 0 Å². The van der Waals surface area contributed by atoms with Crippen LogP contribution < -0.4 is 4.90 Å². The van der Waals surface area contributed by atoms with Crippen molar-refractivity contribution in [2.75, 3.05) is 50.8 Å². The van der Waals surface area contributed by atoms with Gasteiger partial charge in [0.2, 0.25) is 0 Å². The van der Waals surface area contributed by atoms with Gasteiger partial charge >= 0.3 is 6.09 Å². The third-order valence-corrected chi connectivity index (χ3v) is 5.23. The van der Waals surface area contributed by atoms with Gasteiger partial charge in [-0.25, -0.2) is 4.79 Å². The van der Waals surface area contributed by atoms with Crippen LogP contribution in [-0.4, -0.2) is 72.6 Å². The van der Waals surface area contributed by atoms with Crippen LogP contribution in [0.4, 0.5) is 16.2 Å². The maximum absolute atomic E-state index is 13.2. The largest absolute Gasteiger partial charge is 0.449 e. The number of rotatable bonds is 5. The van der Waals surface area contributed by atoms with Gasteiger partial charge in [0.1, 0.15) is 0 Å². The van der Waals surface area contributed by atoms with E-state index in [2.05, 4.69) is 4.90 Å². The van der Waals surface area contributed by atoms with Crippen molar-refractivity contribution in [1.29, 1.82) is 0 Å². The maximum Gasteiger partial charge on any atom is 0.409 e. The number of amides is 2. The average molecular weight is 404 g/mol. The monoisotopic (exact) mass is 404 g/mol. The van der Waals surface area contributed by atoms with Gasteiger partial charge in [0.25, 0.3) is 11.6 Å². The number of benzene rings is 1. The Balaban J connectivity index is 1.71. The average Bonchev–Trinajstić information content (AvgIpc) is 3.25. The lowest BCUT2D eigenvalue weighted by Gasteiger charge is -2.35. The fourth-order valence-electron chi connectivity index (χ4n) is 3.63. The molecule has 2 fully saturated rings. The summed E-state index contributed by atoms with van der Waals surface area (Å²) in [7, 11) is 0. The highest BCUT2D eigenvalue weighted by atomic mass is 16.6. The molecule has 1 aromatic carbocycles. The predicted molar refractivity (Wildman–Crippen MR) is 108 cm³/mol. The van der Waals surface area contributed by atoms with Gasteiger partial charge in [-0.3, -0.25) is 14.9 Å². The molecule has 0 aromatic heterocycles. The van der Waals surface area contributed by atoms with E-state index in [1.165, 1.54) is 12.1 Å². The first-order chi connectivity index (χ1) is 13.9. The Labute approximate surface area is 170 Å². The molecule has 2 saturated heterocycles. The van der Waals surface area contributed by atoms with Crippen LogP contribution in [0.15, 0.2) is 18.2 Å². The summed E-state index contributed by atoms with van der Waals surface area (Å²) in [6.45, 7) is 7.51. The van der Waals surface area contributed by atoms with Crippen molar-refractivity contribution in [2.45, 2.75) is 26.7 Å². The Morgan fingerprint density at radius 3 is 2.28 bits per heavy atom. The van der Waals surface area contributed by atoms with Gasteiger partial charge < -0.3 is 19.4 Å². The van der Waals surface area contributed by atoms with E-state index < -0.39 is 4.92 Å². The molecule has 3 rings (SSSR count). The van der Waals surface area contributed by atoms with Crippen LogP contribution in [0, 0.1) is 16.0 Å². The summed E-state index contributed by atoms with van der Waals surface area (Å²) in [6, 6.07) is 4.50. The minimum atomic E-state index is -0.479. The number of nitro groups is 1. The molecule has 0 saturated carbocycles. The zero-order valence-electron chi connectivity index (χ0n) is 17.0. The summed E-state index contributed by atoms with van der Waals surface area (Å²) in [4.78, 5) is 41.4. The van der Waals surface area contributed by atoms with Gasteiger partial charge in [-0.1, -0.05) is 13.8 Å². The summed E-state index contributed by atoms with van der Waals surface area (Å²) in [6.07, 6.45) is 1.72. The highest BCUT2D eigenvalue weighted by Crippen LogP contribution is 2.29. The summed E-state index contributed by atoms with van der Waals surface area (Å²) < 4.78 is 5.25. The molecule has 158 valence electrons. The maximum atomic E-state index is 13.2. The Morgan fingerprint density at radius 1 is 1.07 bits per heavy atom. The van der Waals surface area contributed by atoms with Crippen LogP contribution in [0.3, 0.4) is 0 Å². The highest BCUT2D eigenvalue weighted by molar-refractivity contribution is 6.00. The normalized spacial score (nSPS) is 17.0. The number of anilines is 1. The quantitative estimate of drug-likeness (QED) is 0.553. The first-order valence-electron chi connectivity index (χ1n) is 10.1. The van der Waals surface area contributed by atoms with E-state index in [-0.39, 0.29) is 23.6 Å². The number of carbonyl (C=O) groups excluding carboxylic acids is 2. The first-order valence-corrected chi connectivity index (χ1v) is 10.1. The lowest BCUT2D eigenvalue weighted by molar-refractivity contribution is -0.384. The number of non-ortho nitro benzene ring substituents is 1. The number of nitrogens with zero attached hydrogens (tertiary/aromatic N) is 4. The lowest BCUT2D eigenvalue weighted by Crippen LogP contribution is -2.51. The second-order valence-corrected chi connectivity index (χ2v) is 7.90. The van der Waals surface area contributed by atoms with Crippen molar-refractivity contribution in [2.24, 2.45) is 5.92 Å². The van der Waals surface area contributed by atoms with Crippen LogP contribution in [0.5, 0.6) is 0 Å². The Bertz CT molecular complexity index is 768. The number of piperazine rings is 1. The standard InChI is InChI=1S/C20H28N4O5/c1-15(2)14-29-20(26)23-11-9-22(10-12-23)19(25)17-13-16(24(27)28)5-6-18(17)21-7-3-4-8-21/h5-6,13,15H,3-4,7-12,14H2,1-2H3. The summed E-state index contributed by atoms with van der Waals surface area (Å²) in [5, 5.41) is 11.2. The molecule has 9 heteroatoms. The number of hydrogen-bond acceptors (Lipinski definition) is 6. The molecular weight excluding hydrogens is 376 g/mol. The highest BCUT2D eigenvalue weighted by Gasteiger charge is 2.29. The van der Waals surface area contributed by atoms with Gasteiger partial charge in [-0.05, 0) is 24.8 Å². The predicted octanol–water partition coefficient (Wildman–Crippen LogP) is 2.75. The summed E-state index contributed by atoms with van der Waals surface area (Å²) in [5.74, 6) is 0.0329. The van der Waals surface area contributed by atoms with Gasteiger partial charge in [-0.15, -0.1) is 0 Å². The first kappa shape index (κ1) is 20.9. The second-order valence-electron chi connectivity index (χ2n) is 7.90. The van der Waals surface area contributed by atoms with E-state index in [0.29, 0.717) is 38.3 Å². The van der Waals surface area contributed by atoms with E-state index in [1.807, 2.05) is 13.8 Å². The molecule has 0 atom stereocenters. The summed E-state index contributed by atoms with van der Waals surface area (Å²) in [5.41, 5.74) is 1.01. The Morgan fingerprint density at radius 2 is 1.69 bits per heavy atom. The molecule has 1 aromatic rings. The smallest absolute Gasteiger partial charge is 0.409 e. The van der Waals surface area contributed by atoms with E-state index in [9.17, 15) is 19.7 Å². The van der Waals surface area contributed by atoms with E-state index in [0.717, 1.165) is 31.6 Å². The topological polar surface area (TPSA) is 96.2 Å². The fourth-order valence-corrected chi connectivity index (χ4v) is 3.63. The van der Waals surface area contributed by atoms with Crippen molar-refractivity contribution < 1.29 is 19.2 Å². The van der Waals surface area contributed by atoms with E-state index in [4.69, 9.17) is 4.74 Å². The third-order valence-electron chi connectivity index (χ3n) is 5.23. The van der Waals surface area contributed by atoms with Gasteiger partial charge in [0.15, 0.2) is 0 Å². The lowest BCUT2D eigenvalue weighted by atomic mass is 10.1. The third kappa shape index (κ3) is 4.96. The van der Waals surface area contributed by atoms with Crippen molar-refractivity contribution in [3.8, 4) is 0 Å². The van der Waals surface area contributed by atoms with Crippen molar-refractivity contribution in [3.63, 3.8) is 0 Å². The van der Waals surface area contributed by atoms with Crippen molar-refractivity contribution >= 4 is 23.4 Å². The second kappa shape index (κ2) is 9.11. The molecule has 29 heavy (non-hydrogen) atoms. The molecule has 2 heterocycles. The molecule has 0 unspecified atom stereocenters. The molecular formula is C20H28N4O5. The van der Waals surface area contributed by atoms with Crippen LogP contribution in [0.25, 0.3) is 0 Å². The number of carbonyl (C=O) groups is 2. The Kier molecular flexibility index (Phi) is 6.56. The SMILES string of the molecule is CC(C)COC(=O)N1CCN(C(=O)c2cc([N+](=O)[O-])ccc2N2CCCC2)CC1. The summed E-state index contributed by atoms with van der Waals surface area (Å²) >= 11 is 0. The van der Waals surface area contributed by atoms with Crippen LogP contribution in [-0.2, 0) is 4.74 Å². The minimum Gasteiger partial charge on any atom is -0.449 e. The molecule has 2 aliphatic rings. The minimum absolute atomic E-state index is 0.0906. The number of nitro benzene ring substituents is 1. The molecule has 0 N–H and O–H groups in total. The van der Waals surface area contributed by atoms with Crippen LogP contribution in [0.2, 0.25) is 0 Å². The zero-order valence-corrected chi connectivity index (χ0v) is 17.0. The molecule has 2 aliphatic heterocycles. The molecule has 0 aliphatic carbocycles. The van der Waals surface area contributed by atoms with Crippen molar-refractivity contribution in [1.82, 2.24) is 9.80 Å². The molecule has 9 nitrogen and oxygen atoms in total. The van der Waals surface area contributed by atoms with Gasteiger partial charge in [0, 0.05) is 51.4 Å². The zero-order chi connectivity index (χ0) is 21.0. The van der Waals surface area contributed by atoms with Crippen molar-refractivity contribution in [3.05, 3.63) is 33.9 Å². The molecule has 0 spiro atoms.